The summed E-state index contributed by atoms with van der Waals surface area (Å²) in [5.41, 5.74) is 0. The number of hydrogen-bond acceptors (Lipinski definition) is 1. The number of imidazole rings is 1. The first-order valence-corrected chi connectivity index (χ1v) is 5.72. The second-order valence-corrected chi connectivity index (χ2v) is 4.58. The third-order valence-electron chi connectivity index (χ3n) is 2.55. The molecule has 2 atom stereocenters. The lowest BCUT2D eigenvalue weighted by atomic mass is 10.0. The number of rotatable bonds is 5. The minimum atomic E-state index is 0.210. The van der Waals surface area contributed by atoms with E-state index < -0.39 is 0 Å². The van der Waals surface area contributed by atoms with Gasteiger partial charge in [-0.3, -0.25) is 0 Å². The maximum absolute atomic E-state index is 6.04. The minimum Gasteiger partial charge on any atom is -0.335 e. The largest absolute Gasteiger partial charge is 0.335 e. The molecule has 0 N–H and O–H groups in total. The van der Waals surface area contributed by atoms with Gasteiger partial charge >= 0.3 is 0 Å². The van der Waals surface area contributed by atoms with Gasteiger partial charge in [0, 0.05) is 30.7 Å². The number of halogens is 1. The summed E-state index contributed by atoms with van der Waals surface area (Å²) in [5.74, 6) is 1.64. The van der Waals surface area contributed by atoms with E-state index in [1.165, 1.54) is 0 Å². The highest BCUT2D eigenvalue weighted by atomic mass is 35.5. The van der Waals surface area contributed by atoms with E-state index in [4.69, 9.17) is 11.6 Å². The van der Waals surface area contributed by atoms with Crippen LogP contribution in [0.15, 0.2) is 12.4 Å². The van der Waals surface area contributed by atoms with Crippen LogP contribution in [0.2, 0.25) is 0 Å². The van der Waals surface area contributed by atoms with E-state index in [-0.39, 0.29) is 5.38 Å². The lowest BCUT2D eigenvalue weighted by Crippen LogP contribution is -2.14. The Kier molecular flexibility index (Phi) is 4.46. The highest BCUT2D eigenvalue weighted by Gasteiger charge is 2.12. The van der Waals surface area contributed by atoms with Crippen LogP contribution in [0.3, 0.4) is 0 Å². The third-order valence-corrected chi connectivity index (χ3v) is 2.99. The Morgan fingerprint density at radius 2 is 2.21 bits per heavy atom. The number of alkyl halides is 1. The SMILES string of the molecule is CCCn1ccnc1CC(C)C(C)Cl. The fourth-order valence-electron chi connectivity index (χ4n) is 1.42. The molecule has 0 amide bonds. The summed E-state index contributed by atoms with van der Waals surface area (Å²) in [6.45, 7) is 7.44. The van der Waals surface area contributed by atoms with E-state index in [0.29, 0.717) is 5.92 Å². The van der Waals surface area contributed by atoms with Crippen molar-refractivity contribution in [2.24, 2.45) is 5.92 Å². The van der Waals surface area contributed by atoms with Crippen molar-refractivity contribution in [3.63, 3.8) is 0 Å². The van der Waals surface area contributed by atoms with Gasteiger partial charge in [0.1, 0.15) is 5.82 Å². The fraction of sp³-hybridized carbons (Fsp3) is 0.727. The standard InChI is InChI=1S/C11H19ClN2/c1-4-6-14-7-5-13-11(14)8-9(2)10(3)12/h5,7,9-10H,4,6,8H2,1-3H3. The Balaban J connectivity index is 2.61. The fourth-order valence-corrected chi connectivity index (χ4v) is 1.51. The van der Waals surface area contributed by atoms with E-state index in [1.54, 1.807) is 0 Å². The van der Waals surface area contributed by atoms with Gasteiger partial charge in [-0.25, -0.2) is 4.98 Å². The summed E-state index contributed by atoms with van der Waals surface area (Å²) in [7, 11) is 0. The number of hydrogen-bond donors (Lipinski definition) is 0. The minimum absolute atomic E-state index is 0.210. The van der Waals surface area contributed by atoms with Crippen molar-refractivity contribution in [1.29, 1.82) is 0 Å². The molecule has 0 aromatic carbocycles. The maximum Gasteiger partial charge on any atom is 0.108 e. The first-order valence-electron chi connectivity index (χ1n) is 5.29. The summed E-state index contributed by atoms with van der Waals surface area (Å²) in [5, 5.41) is 0.210. The van der Waals surface area contributed by atoms with Gasteiger partial charge in [-0.2, -0.15) is 0 Å². The van der Waals surface area contributed by atoms with Crippen LogP contribution in [0.4, 0.5) is 0 Å². The maximum atomic E-state index is 6.04. The molecule has 2 nitrogen and oxygen atoms in total. The van der Waals surface area contributed by atoms with Crippen molar-refractivity contribution in [3.8, 4) is 0 Å². The molecule has 14 heavy (non-hydrogen) atoms. The number of aryl methyl sites for hydroxylation is 1. The molecule has 0 saturated heterocycles. The molecule has 0 aliphatic rings. The average molecular weight is 215 g/mol. The van der Waals surface area contributed by atoms with Crippen molar-refractivity contribution in [2.75, 3.05) is 0 Å². The Hall–Kier alpha value is -0.500. The number of nitrogens with zero attached hydrogens (tertiary/aromatic N) is 2. The third kappa shape index (κ3) is 3.02. The monoisotopic (exact) mass is 214 g/mol. The first-order chi connectivity index (χ1) is 6.65. The molecule has 80 valence electrons. The van der Waals surface area contributed by atoms with E-state index in [2.05, 4.69) is 23.4 Å². The average Bonchev–Trinajstić information content (AvgIpc) is 2.53. The van der Waals surface area contributed by atoms with Gasteiger partial charge < -0.3 is 4.57 Å². The van der Waals surface area contributed by atoms with Gasteiger partial charge in [0.2, 0.25) is 0 Å². The van der Waals surface area contributed by atoms with Crippen molar-refractivity contribution in [1.82, 2.24) is 9.55 Å². The summed E-state index contributed by atoms with van der Waals surface area (Å²) >= 11 is 6.04. The van der Waals surface area contributed by atoms with E-state index in [1.807, 2.05) is 19.3 Å². The van der Waals surface area contributed by atoms with Gasteiger partial charge in [0.05, 0.1) is 0 Å². The molecule has 0 fully saturated rings. The molecule has 1 rings (SSSR count). The van der Waals surface area contributed by atoms with Crippen molar-refractivity contribution in [3.05, 3.63) is 18.2 Å². The van der Waals surface area contributed by atoms with Crippen molar-refractivity contribution in [2.45, 2.75) is 45.5 Å². The molecule has 0 saturated carbocycles. The van der Waals surface area contributed by atoms with Crippen molar-refractivity contribution >= 4 is 11.6 Å². The van der Waals surface area contributed by atoms with Gasteiger partial charge in [-0.1, -0.05) is 13.8 Å². The topological polar surface area (TPSA) is 17.8 Å². The number of aromatic nitrogens is 2. The van der Waals surface area contributed by atoms with Crippen LogP contribution in [0.1, 0.15) is 33.0 Å². The second-order valence-electron chi connectivity index (χ2n) is 3.90. The second kappa shape index (κ2) is 5.40. The van der Waals surface area contributed by atoms with Crippen LogP contribution >= 0.6 is 11.6 Å². The normalized spacial score (nSPS) is 15.4. The molecule has 1 aromatic heterocycles. The smallest absolute Gasteiger partial charge is 0.108 e. The predicted molar refractivity (Wildman–Crippen MR) is 60.7 cm³/mol. The zero-order valence-corrected chi connectivity index (χ0v) is 9.96. The zero-order chi connectivity index (χ0) is 10.6. The highest BCUT2D eigenvalue weighted by molar-refractivity contribution is 6.20. The van der Waals surface area contributed by atoms with E-state index >= 15 is 0 Å². The quantitative estimate of drug-likeness (QED) is 0.689. The molecule has 0 bridgehead atoms. The van der Waals surface area contributed by atoms with E-state index in [0.717, 1.165) is 25.2 Å². The predicted octanol–water partition coefficient (Wildman–Crippen LogP) is 3.10. The molecule has 0 aliphatic carbocycles. The van der Waals surface area contributed by atoms with Crippen LogP contribution in [0.25, 0.3) is 0 Å². The van der Waals surface area contributed by atoms with Gasteiger partial charge in [0.15, 0.2) is 0 Å². The van der Waals surface area contributed by atoms with E-state index in [9.17, 15) is 0 Å². The Morgan fingerprint density at radius 3 is 2.79 bits per heavy atom. The molecule has 0 spiro atoms. The Bertz CT molecular complexity index is 268. The Labute approximate surface area is 91.3 Å². The van der Waals surface area contributed by atoms with Crippen LogP contribution < -0.4 is 0 Å². The lowest BCUT2D eigenvalue weighted by Gasteiger charge is -2.14. The summed E-state index contributed by atoms with van der Waals surface area (Å²) in [6.07, 6.45) is 6.03. The summed E-state index contributed by atoms with van der Waals surface area (Å²) < 4.78 is 2.22. The van der Waals surface area contributed by atoms with Crippen LogP contribution in [0, 0.1) is 5.92 Å². The molecule has 0 radical (unpaired) electrons. The van der Waals surface area contributed by atoms with Gasteiger partial charge in [-0.05, 0) is 19.3 Å². The molecule has 2 unspecified atom stereocenters. The van der Waals surface area contributed by atoms with Gasteiger partial charge in [-0.15, -0.1) is 11.6 Å². The molecule has 0 aliphatic heterocycles. The molecule has 1 heterocycles. The molecular formula is C11H19ClN2. The molecule has 3 heteroatoms. The van der Waals surface area contributed by atoms with Crippen LogP contribution in [-0.4, -0.2) is 14.9 Å². The highest BCUT2D eigenvalue weighted by Crippen LogP contribution is 2.15. The Morgan fingerprint density at radius 1 is 1.50 bits per heavy atom. The molecule has 1 aromatic rings. The first kappa shape index (κ1) is 11.6. The molecular weight excluding hydrogens is 196 g/mol. The van der Waals surface area contributed by atoms with Crippen LogP contribution in [-0.2, 0) is 13.0 Å². The summed E-state index contributed by atoms with van der Waals surface area (Å²) in [6, 6.07) is 0. The summed E-state index contributed by atoms with van der Waals surface area (Å²) in [4.78, 5) is 4.36. The van der Waals surface area contributed by atoms with Gasteiger partial charge in [0.25, 0.3) is 0 Å². The van der Waals surface area contributed by atoms with Crippen LogP contribution in [0.5, 0.6) is 0 Å². The lowest BCUT2D eigenvalue weighted by molar-refractivity contribution is 0.523. The van der Waals surface area contributed by atoms with Crippen molar-refractivity contribution < 1.29 is 0 Å². The zero-order valence-electron chi connectivity index (χ0n) is 9.20.